The summed E-state index contributed by atoms with van der Waals surface area (Å²) in [6, 6.07) is 7.58. The van der Waals surface area contributed by atoms with Crippen LogP contribution < -0.4 is 5.69 Å². The molecule has 0 spiro atoms. The average Bonchev–Trinajstić information content (AvgIpc) is 3.75. The number of aliphatic hydroxyl groups excluding tert-OH is 1. The third kappa shape index (κ3) is 5.76. The first kappa shape index (κ1) is 27.2. The van der Waals surface area contributed by atoms with Crippen molar-refractivity contribution in [2.45, 2.75) is 56.3 Å². The number of hydrogen-bond donors (Lipinski definition) is 2. The van der Waals surface area contributed by atoms with Crippen LogP contribution in [0.5, 0.6) is 0 Å². The van der Waals surface area contributed by atoms with Gasteiger partial charge in [0.25, 0.3) is 0 Å². The van der Waals surface area contributed by atoms with Crippen LogP contribution in [0.2, 0.25) is 0 Å². The Morgan fingerprint density at radius 2 is 1.88 bits per heavy atom. The molecule has 216 valence electrons. The number of benzene rings is 1. The van der Waals surface area contributed by atoms with Crippen LogP contribution in [0, 0.1) is 11.6 Å². The molecule has 1 aliphatic carbocycles. The van der Waals surface area contributed by atoms with E-state index in [-0.39, 0.29) is 17.3 Å². The van der Waals surface area contributed by atoms with E-state index in [1.54, 1.807) is 27.8 Å². The number of pyridine rings is 1. The van der Waals surface area contributed by atoms with Crippen LogP contribution in [0.1, 0.15) is 49.6 Å². The van der Waals surface area contributed by atoms with Crippen LogP contribution in [0.3, 0.4) is 0 Å². The number of hydrogen-bond acceptors (Lipinski definition) is 6. The van der Waals surface area contributed by atoms with E-state index >= 15 is 0 Å². The second-order valence-corrected chi connectivity index (χ2v) is 11.0. The second kappa shape index (κ2) is 11.5. The van der Waals surface area contributed by atoms with E-state index in [2.05, 4.69) is 14.9 Å². The number of likely N-dealkylation sites (tertiary alicyclic amines) is 1. The minimum absolute atomic E-state index is 0.0667. The lowest BCUT2D eigenvalue weighted by Gasteiger charge is -2.33. The molecule has 4 heterocycles. The molecule has 3 atom stereocenters. The standard InChI is InChI=1S/C30H33F2N5O4/c31-24-6-1-5-22(26(24)32)23-9-8-21(18-19(27(23)38)4-3-13-35-16-17-35)41-30(40)36-14-10-20(11-15-36)37-25-7-2-12-33-28(25)34-29(37)39/h1-7,12-13,20-21,23,27,38H,8-11,14-18H2,(H,33,34,39)/b13-3-,19-4+/t21-,23-,27-/m1/s1. The number of piperidine rings is 1. The maximum Gasteiger partial charge on any atom is 0.410 e. The van der Waals surface area contributed by atoms with Crippen LogP contribution >= 0.6 is 0 Å². The fourth-order valence-electron chi connectivity index (χ4n) is 6.01. The van der Waals surface area contributed by atoms with E-state index in [0.29, 0.717) is 56.4 Å². The Morgan fingerprint density at radius 3 is 2.66 bits per heavy atom. The van der Waals surface area contributed by atoms with Crippen molar-refractivity contribution in [1.82, 2.24) is 24.3 Å². The summed E-state index contributed by atoms with van der Waals surface area (Å²) >= 11 is 0. The van der Waals surface area contributed by atoms with Gasteiger partial charge in [-0.3, -0.25) is 9.55 Å². The number of aromatic amines is 1. The maximum atomic E-state index is 14.7. The third-order valence-corrected chi connectivity index (χ3v) is 8.34. The molecule has 0 unspecified atom stereocenters. The zero-order valence-electron chi connectivity index (χ0n) is 22.6. The second-order valence-electron chi connectivity index (χ2n) is 11.0. The molecule has 2 saturated heterocycles. The van der Waals surface area contributed by atoms with Crippen molar-refractivity contribution >= 4 is 17.3 Å². The molecule has 2 N–H and O–H groups in total. The highest BCUT2D eigenvalue weighted by Crippen LogP contribution is 2.38. The number of amides is 1. The lowest BCUT2D eigenvalue weighted by Crippen LogP contribution is -2.42. The van der Waals surface area contributed by atoms with Gasteiger partial charge in [0.2, 0.25) is 0 Å². The summed E-state index contributed by atoms with van der Waals surface area (Å²) in [5, 5.41) is 11.3. The first-order chi connectivity index (χ1) is 19.9. The van der Waals surface area contributed by atoms with E-state index < -0.39 is 35.9 Å². The molecule has 0 bridgehead atoms. The minimum atomic E-state index is -1.05. The number of aliphatic hydroxyl groups is 1. The highest BCUT2D eigenvalue weighted by atomic mass is 19.2. The Bertz CT molecular complexity index is 1540. The van der Waals surface area contributed by atoms with Gasteiger partial charge in [0.05, 0.1) is 11.6 Å². The molecular weight excluding hydrogens is 532 g/mol. The third-order valence-electron chi connectivity index (χ3n) is 8.34. The van der Waals surface area contributed by atoms with E-state index in [9.17, 15) is 23.5 Å². The van der Waals surface area contributed by atoms with Crippen LogP contribution in [0.15, 0.2) is 65.2 Å². The number of H-pyrrole nitrogens is 1. The highest BCUT2D eigenvalue weighted by Gasteiger charge is 2.35. The number of aromatic nitrogens is 3. The van der Waals surface area contributed by atoms with Crippen molar-refractivity contribution in [2.24, 2.45) is 0 Å². The van der Waals surface area contributed by atoms with Crippen molar-refractivity contribution < 1.29 is 23.4 Å². The number of rotatable bonds is 5. The van der Waals surface area contributed by atoms with Gasteiger partial charge < -0.3 is 19.6 Å². The quantitative estimate of drug-likeness (QED) is 0.355. The fraction of sp³-hybridized carbons (Fsp3) is 0.433. The lowest BCUT2D eigenvalue weighted by atomic mass is 9.87. The molecule has 9 nitrogen and oxygen atoms in total. The predicted molar refractivity (Wildman–Crippen MR) is 148 cm³/mol. The van der Waals surface area contributed by atoms with Crippen molar-refractivity contribution in [3.8, 4) is 0 Å². The van der Waals surface area contributed by atoms with E-state index in [0.717, 1.165) is 24.7 Å². The van der Waals surface area contributed by atoms with Gasteiger partial charge in [-0.25, -0.2) is 23.4 Å². The average molecular weight is 566 g/mol. The zero-order chi connectivity index (χ0) is 28.5. The Morgan fingerprint density at radius 1 is 1.07 bits per heavy atom. The number of fused-ring (bicyclic) bond motifs is 1. The number of carbonyl (C=O) groups is 1. The van der Waals surface area contributed by atoms with Crippen LogP contribution in [0.4, 0.5) is 13.6 Å². The SMILES string of the molecule is O=C(O[C@@H]1CC[C@H](c2cccc(F)c2F)[C@H](O)/C(=C/C=C\N2CC2)C1)N1CCC(n2c(=O)[nH]c3ncccc32)CC1. The summed E-state index contributed by atoms with van der Waals surface area (Å²) in [7, 11) is 0. The van der Waals surface area contributed by atoms with Crippen LogP contribution in [0.25, 0.3) is 11.2 Å². The number of allylic oxidation sites excluding steroid dienone is 2. The largest absolute Gasteiger partial charge is 0.446 e. The molecule has 6 rings (SSSR count). The Hall–Kier alpha value is -3.99. The summed E-state index contributed by atoms with van der Waals surface area (Å²) in [6.07, 6.45) is 7.34. The Balaban J connectivity index is 1.14. The van der Waals surface area contributed by atoms with Crippen molar-refractivity contribution in [3.63, 3.8) is 0 Å². The van der Waals surface area contributed by atoms with Gasteiger partial charge in [0.1, 0.15) is 6.10 Å². The lowest BCUT2D eigenvalue weighted by molar-refractivity contribution is 0.0504. The number of imidazole rings is 1. The number of carbonyl (C=O) groups excluding carboxylic acids is 1. The first-order valence-corrected chi connectivity index (χ1v) is 14.1. The molecule has 3 fully saturated rings. The maximum absolute atomic E-state index is 14.7. The molecule has 1 saturated carbocycles. The van der Waals surface area contributed by atoms with E-state index in [1.165, 1.54) is 12.1 Å². The molecule has 0 radical (unpaired) electrons. The molecule has 2 aromatic heterocycles. The molecular formula is C30H33F2N5O4. The van der Waals surface area contributed by atoms with Gasteiger partial charge in [-0.2, -0.15) is 0 Å². The van der Waals surface area contributed by atoms with Gasteiger partial charge >= 0.3 is 11.8 Å². The monoisotopic (exact) mass is 565 g/mol. The smallest absolute Gasteiger partial charge is 0.410 e. The summed E-state index contributed by atoms with van der Waals surface area (Å²) < 4.78 is 36.4. The summed E-state index contributed by atoms with van der Waals surface area (Å²) in [5.41, 5.74) is 1.80. The number of halogens is 2. The van der Waals surface area contributed by atoms with Gasteiger partial charge in [-0.1, -0.05) is 18.2 Å². The molecule has 1 aromatic carbocycles. The van der Waals surface area contributed by atoms with Crippen LogP contribution in [-0.2, 0) is 4.74 Å². The van der Waals surface area contributed by atoms with E-state index in [1.807, 2.05) is 18.3 Å². The topological polar surface area (TPSA) is 103 Å². The summed E-state index contributed by atoms with van der Waals surface area (Å²) in [5.74, 6) is -2.59. The molecule has 3 aromatic rings. The van der Waals surface area contributed by atoms with E-state index in [4.69, 9.17) is 4.74 Å². The number of nitrogens with one attached hydrogen (secondary N) is 1. The van der Waals surface area contributed by atoms with Gasteiger partial charge in [-0.05, 0) is 67.3 Å². The summed E-state index contributed by atoms with van der Waals surface area (Å²) in [6.45, 7) is 2.80. The normalized spacial score (nSPS) is 24.8. The Labute approximate surface area is 235 Å². The molecule has 1 amide bonds. The number of nitrogens with zero attached hydrogens (tertiary/aromatic N) is 4. The fourth-order valence-corrected chi connectivity index (χ4v) is 6.01. The molecule has 2 aliphatic heterocycles. The molecule has 11 heteroatoms. The Kier molecular flexibility index (Phi) is 7.61. The minimum Gasteiger partial charge on any atom is -0.446 e. The van der Waals surface area contributed by atoms with Crippen molar-refractivity contribution in [2.75, 3.05) is 26.2 Å². The predicted octanol–water partition coefficient (Wildman–Crippen LogP) is 4.23. The number of ether oxygens (including phenoxy) is 1. The zero-order valence-corrected chi connectivity index (χ0v) is 22.6. The van der Waals surface area contributed by atoms with Gasteiger partial charge in [0, 0.05) is 50.8 Å². The van der Waals surface area contributed by atoms with Gasteiger partial charge in [-0.15, -0.1) is 0 Å². The highest BCUT2D eigenvalue weighted by molar-refractivity contribution is 5.70. The molecule has 3 aliphatic rings. The first-order valence-electron chi connectivity index (χ1n) is 14.1. The summed E-state index contributed by atoms with van der Waals surface area (Å²) in [4.78, 5) is 36.5. The van der Waals surface area contributed by atoms with Crippen molar-refractivity contribution in [3.05, 3.63) is 88.1 Å². The van der Waals surface area contributed by atoms with Gasteiger partial charge in [0.15, 0.2) is 17.3 Å². The van der Waals surface area contributed by atoms with Crippen LogP contribution in [-0.4, -0.2) is 73.9 Å². The molecule has 41 heavy (non-hydrogen) atoms. The van der Waals surface area contributed by atoms with Crippen molar-refractivity contribution in [1.29, 1.82) is 0 Å².